The first-order chi connectivity index (χ1) is 8.72. The van der Waals surface area contributed by atoms with Crippen LogP contribution in [0.25, 0.3) is 11.3 Å². The summed E-state index contributed by atoms with van der Waals surface area (Å²) in [5, 5.41) is 12.2. The van der Waals surface area contributed by atoms with Gasteiger partial charge in [-0.2, -0.15) is 0 Å². The van der Waals surface area contributed by atoms with Gasteiger partial charge < -0.3 is 9.84 Å². The van der Waals surface area contributed by atoms with Gasteiger partial charge in [-0.15, -0.1) is 11.3 Å². The summed E-state index contributed by atoms with van der Waals surface area (Å²) < 4.78 is 5.13. The Hall–Kier alpha value is -1.39. The zero-order valence-electron chi connectivity index (χ0n) is 10.6. The molecule has 1 N–H and O–H groups in total. The number of thiazole rings is 1. The standard InChI is InChI=1S/C14H17NO2S/c1-10(8-16)7-14-15-13(9-18-14)11-3-5-12(17-2)6-4-11/h3-6,9-10,16H,7-8H2,1-2H3. The van der Waals surface area contributed by atoms with Crippen molar-refractivity contribution >= 4 is 11.3 Å². The lowest BCUT2D eigenvalue weighted by Crippen LogP contribution is -2.03. The Balaban J connectivity index is 2.13. The Kier molecular flexibility index (Phi) is 4.33. The van der Waals surface area contributed by atoms with Crippen LogP contribution in [-0.2, 0) is 6.42 Å². The van der Waals surface area contributed by atoms with E-state index in [0.717, 1.165) is 28.4 Å². The SMILES string of the molecule is COc1ccc(-c2csc(CC(C)CO)n2)cc1. The molecule has 1 aromatic heterocycles. The second-order valence-corrected chi connectivity index (χ2v) is 5.29. The predicted octanol–water partition coefficient (Wildman–Crippen LogP) is 2.99. The molecule has 0 fully saturated rings. The number of ether oxygens (including phenoxy) is 1. The average Bonchev–Trinajstić information content (AvgIpc) is 2.87. The van der Waals surface area contributed by atoms with E-state index in [9.17, 15) is 0 Å². The van der Waals surface area contributed by atoms with Gasteiger partial charge in [-0.25, -0.2) is 4.98 Å². The van der Waals surface area contributed by atoms with Gasteiger partial charge in [0.2, 0.25) is 0 Å². The van der Waals surface area contributed by atoms with Crippen molar-refractivity contribution in [2.24, 2.45) is 5.92 Å². The van der Waals surface area contributed by atoms with Crippen LogP contribution in [0.2, 0.25) is 0 Å². The van der Waals surface area contributed by atoms with Gasteiger partial charge in [0.1, 0.15) is 5.75 Å². The molecule has 4 heteroatoms. The van der Waals surface area contributed by atoms with Crippen molar-refractivity contribution in [1.29, 1.82) is 0 Å². The Morgan fingerprint density at radius 2 is 2.06 bits per heavy atom. The largest absolute Gasteiger partial charge is 0.497 e. The lowest BCUT2D eigenvalue weighted by atomic mass is 10.1. The first-order valence-electron chi connectivity index (χ1n) is 5.92. The highest BCUT2D eigenvalue weighted by atomic mass is 32.1. The molecule has 0 amide bonds. The Morgan fingerprint density at radius 1 is 1.33 bits per heavy atom. The normalized spacial score (nSPS) is 12.4. The lowest BCUT2D eigenvalue weighted by molar-refractivity contribution is 0.237. The maximum absolute atomic E-state index is 9.04. The summed E-state index contributed by atoms with van der Waals surface area (Å²) in [6, 6.07) is 7.88. The molecule has 2 rings (SSSR count). The van der Waals surface area contributed by atoms with Crippen molar-refractivity contribution in [3.63, 3.8) is 0 Å². The minimum Gasteiger partial charge on any atom is -0.497 e. The van der Waals surface area contributed by atoms with Gasteiger partial charge in [0.25, 0.3) is 0 Å². The summed E-state index contributed by atoms with van der Waals surface area (Å²) >= 11 is 1.64. The molecule has 1 atom stereocenters. The molecule has 96 valence electrons. The van der Waals surface area contributed by atoms with Gasteiger partial charge in [0, 0.05) is 24.0 Å². The van der Waals surface area contributed by atoms with E-state index in [1.165, 1.54) is 0 Å². The molecule has 1 heterocycles. The monoisotopic (exact) mass is 263 g/mol. The van der Waals surface area contributed by atoms with E-state index in [2.05, 4.69) is 10.4 Å². The summed E-state index contributed by atoms with van der Waals surface area (Å²) in [7, 11) is 1.66. The summed E-state index contributed by atoms with van der Waals surface area (Å²) in [6.07, 6.45) is 0.831. The number of benzene rings is 1. The second-order valence-electron chi connectivity index (χ2n) is 4.35. The van der Waals surface area contributed by atoms with E-state index in [1.807, 2.05) is 31.2 Å². The minimum atomic E-state index is 0.206. The molecule has 0 spiro atoms. The average molecular weight is 263 g/mol. The van der Waals surface area contributed by atoms with E-state index in [0.29, 0.717) is 0 Å². The van der Waals surface area contributed by atoms with Crippen LogP contribution < -0.4 is 4.74 Å². The third-order valence-electron chi connectivity index (χ3n) is 2.77. The number of aliphatic hydroxyl groups is 1. The van der Waals surface area contributed by atoms with Gasteiger partial charge in [-0.05, 0) is 30.2 Å². The van der Waals surface area contributed by atoms with Crippen LogP contribution in [0.15, 0.2) is 29.6 Å². The van der Waals surface area contributed by atoms with E-state index < -0.39 is 0 Å². The maximum Gasteiger partial charge on any atom is 0.118 e. The number of aromatic nitrogens is 1. The molecule has 0 aliphatic carbocycles. The fourth-order valence-electron chi connectivity index (χ4n) is 1.66. The number of nitrogens with zero attached hydrogens (tertiary/aromatic N) is 1. The third-order valence-corrected chi connectivity index (χ3v) is 3.64. The van der Waals surface area contributed by atoms with E-state index >= 15 is 0 Å². The number of aliphatic hydroxyl groups excluding tert-OH is 1. The fourth-order valence-corrected chi connectivity index (χ4v) is 2.63. The van der Waals surface area contributed by atoms with E-state index in [1.54, 1.807) is 18.4 Å². The molecule has 1 aromatic carbocycles. The van der Waals surface area contributed by atoms with Gasteiger partial charge in [0.15, 0.2) is 0 Å². The molecule has 0 bridgehead atoms. The fraction of sp³-hybridized carbons (Fsp3) is 0.357. The quantitative estimate of drug-likeness (QED) is 0.901. The molecular weight excluding hydrogens is 246 g/mol. The van der Waals surface area contributed by atoms with Gasteiger partial charge >= 0.3 is 0 Å². The number of rotatable bonds is 5. The van der Waals surface area contributed by atoms with E-state index in [4.69, 9.17) is 9.84 Å². The summed E-state index contributed by atoms with van der Waals surface area (Å²) in [4.78, 5) is 4.59. The van der Waals surface area contributed by atoms with Crippen molar-refractivity contribution in [2.45, 2.75) is 13.3 Å². The number of hydrogen-bond donors (Lipinski definition) is 1. The van der Waals surface area contributed by atoms with Gasteiger partial charge in [-0.3, -0.25) is 0 Å². The van der Waals surface area contributed by atoms with Crippen molar-refractivity contribution in [2.75, 3.05) is 13.7 Å². The van der Waals surface area contributed by atoms with Crippen molar-refractivity contribution in [3.05, 3.63) is 34.7 Å². The number of methoxy groups -OCH3 is 1. The molecule has 3 nitrogen and oxygen atoms in total. The summed E-state index contributed by atoms with van der Waals surface area (Å²) in [5.74, 6) is 1.11. The third kappa shape index (κ3) is 3.09. The second kappa shape index (κ2) is 5.98. The number of hydrogen-bond acceptors (Lipinski definition) is 4. The summed E-state index contributed by atoms with van der Waals surface area (Å²) in [5.41, 5.74) is 2.08. The maximum atomic E-state index is 9.04. The zero-order chi connectivity index (χ0) is 13.0. The topological polar surface area (TPSA) is 42.4 Å². The molecule has 0 aliphatic heterocycles. The molecule has 1 unspecified atom stereocenters. The highest BCUT2D eigenvalue weighted by Crippen LogP contribution is 2.25. The highest BCUT2D eigenvalue weighted by molar-refractivity contribution is 7.09. The molecular formula is C14H17NO2S. The molecule has 0 saturated carbocycles. The van der Waals surface area contributed by atoms with Crippen LogP contribution >= 0.6 is 11.3 Å². The van der Waals surface area contributed by atoms with Crippen LogP contribution in [0.5, 0.6) is 5.75 Å². The Bertz CT molecular complexity index is 493. The first-order valence-corrected chi connectivity index (χ1v) is 6.80. The Labute approximate surface area is 111 Å². The zero-order valence-corrected chi connectivity index (χ0v) is 11.4. The highest BCUT2D eigenvalue weighted by Gasteiger charge is 2.08. The van der Waals surface area contributed by atoms with Crippen molar-refractivity contribution < 1.29 is 9.84 Å². The first kappa shape index (κ1) is 13.1. The molecule has 0 saturated heterocycles. The lowest BCUT2D eigenvalue weighted by Gasteiger charge is -2.03. The van der Waals surface area contributed by atoms with Crippen molar-refractivity contribution in [1.82, 2.24) is 4.98 Å². The van der Waals surface area contributed by atoms with Gasteiger partial charge in [-0.1, -0.05) is 6.92 Å². The van der Waals surface area contributed by atoms with Gasteiger partial charge in [0.05, 0.1) is 17.8 Å². The summed E-state index contributed by atoms with van der Waals surface area (Å²) in [6.45, 7) is 2.23. The van der Waals surface area contributed by atoms with Crippen LogP contribution in [0.4, 0.5) is 0 Å². The van der Waals surface area contributed by atoms with Crippen LogP contribution in [-0.4, -0.2) is 23.8 Å². The molecule has 0 aliphatic rings. The molecule has 2 aromatic rings. The van der Waals surface area contributed by atoms with Crippen LogP contribution in [0.3, 0.4) is 0 Å². The molecule has 18 heavy (non-hydrogen) atoms. The molecule has 0 radical (unpaired) electrons. The Morgan fingerprint density at radius 3 is 2.67 bits per heavy atom. The minimum absolute atomic E-state index is 0.206. The van der Waals surface area contributed by atoms with Crippen LogP contribution in [0.1, 0.15) is 11.9 Å². The van der Waals surface area contributed by atoms with Crippen molar-refractivity contribution in [3.8, 4) is 17.0 Å². The van der Waals surface area contributed by atoms with E-state index in [-0.39, 0.29) is 12.5 Å². The predicted molar refractivity (Wildman–Crippen MR) is 74.1 cm³/mol. The smallest absolute Gasteiger partial charge is 0.118 e. The van der Waals surface area contributed by atoms with Crippen LogP contribution in [0, 0.1) is 5.92 Å².